The number of hydrogen-bond acceptors (Lipinski definition) is 4. The second-order valence-electron chi connectivity index (χ2n) is 10.7. The van der Waals surface area contributed by atoms with Crippen LogP contribution in [-0.2, 0) is 27.4 Å². The Kier molecular flexibility index (Phi) is 9.24. The zero-order valence-corrected chi connectivity index (χ0v) is 25.3. The van der Waals surface area contributed by atoms with Crippen LogP contribution in [-0.4, -0.2) is 58.7 Å². The number of urea groups is 1. The molecule has 0 radical (unpaired) electrons. The number of amides is 2. The molecule has 0 saturated carbocycles. The van der Waals surface area contributed by atoms with E-state index >= 15 is 0 Å². The fourth-order valence-electron chi connectivity index (χ4n) is 5.41. The molecule has 3 aromatic rings. The molecular weight excluding hydrogens is 622 g/mol. The minimum atomic E-state index is -4.73. The summed E-state index contributed by atoms with van der Waals surface area (Å²) < 4.78 is 89.4. The molecule has 0 aliphatic carbocycles. The fraction of sp³-hybridized carbons (Fsp3) is 0.323. The SMILES string of the molecule is C/C(=C\c1ccc2c(c1)N(S(=O)(=O)c1cccc(C(F)(F)F)c1)C[C@H](CNC(=O)N1CCOCC1)C2)c1c(F)cccc1Cl. The Labute approximate surface area is 258 Å². The molecule has 2 heterocycles. The zero-order valence-electron chi connectivity index (χ0n) is 23.7. The molecule has 5 rings (SSSR count). The van der Waals surface area contributed by atoms with Gasteiger partial charge in [0.15, 0.2) is 0 Å². The van der Waals surface area contributed by atoms with Crippen LogP contribution in [0.1, 0.15) is 29.2 Å². The number of nitrogens with zero attached hydrogens (tertiary/aromatic N) is 2. The Morgan fingerprint density at radius 1 is 1.09 bits per heavy atom. The predicted molar refractivity (Wildman–Crippen MR) is 160 cm³/mol. The summed E-state index contributed by atoms with van der Waals surface area (Å²) in [5, 5.41) is 3.08. The maximum atomic E-state index is 14.6. The highest BCUT2D eigenvalue weighted by molar-refractivity contribution is 7.92. The minimum absolute atomic E-state index is 0.0831. The van der Waals surface area contributed by atoms with Crippen molar-refractivity contribution in [3.63, 3.8) is 0 Å². The molecule has 0 unspecified atom stereocenters. The third kappa shape index (κ3) is 6.87. The Morgan fingerprint density at radius 3 is 2.52 bits per heavy atom. The number of fused-ring (bicyclic) bond motifs is 1. The van der Waals surface area contributed by atoms with Crippen LogP contribution < -0.4 is 9.62 Å². The average molecular weight is 652 g/mol. The van der Waals surface area contributed by atoms with E-state index in [4.69, 9.17) is 16.3 Å². The van der Waals surface area contributed by atoms with Crippen LogP contribution >= 0.6 is 11.6 Å². The highest BCUT2D eigenvalue weighted by atomic mass is 35.5. The van der Waals surface area contributed by atoms with Crippen molar-refractivity contribution >= 4 is 45.0 Å². The number of sulfonamides is 1. The predicted octanol–water partition coefficient (Wildman–Crippen LogP) is 6.47. The molecule has 7 nitrogen and oxygen atoms in total. The molecule has 1 fully saturated rings. The monoisotopic (exact) mass is 651 g/mol. The average Bonchev–Trinajstić information content (AvgIpc) is 2.99. The van der Waals surface area contributed by atoms with Crippen LogP contribution in [0.25, 0.3) is 11.6 Å². The number of anilines is 1. The second-order valence-corrected chi connectivity index (χ2v) is 13.0. The van der Waals surface area contributed by atoms with Gasteiger partial charge in [0.1, 0.15) is 5.82 Å². The number of morpholine rings is 1. The van der Waals surface area contributed by atoms with Crippen molar-refractivity contribution in [1.82, 2.24) is 10.2 Å². The molecule has 2 aliphatic rings. The third-order valence-electron chi connectivity index (χ3n) is 7.64. The first-order valence-electron chi connectivity index (χ1n) is 13.9. The minimum Gasteiger partial charge on any atom is -0.378 e. The first-order valence-corrected chi connectivity index (χ1v) is 15.7. The summed E-state index contributed by atoms with van der Waals surface area (Å²) in [5.74, 6) is -0.881. The summed E-state index contributed by atoms with van der Waals surface area (Å²) >= 11 is 6.23. The largest absolute Gasteiger partial charge is 0.416 e. The number of ether oxygens (including phenoxy) is 1. The van der Waals surface area contributed by atoms with Crippen LogP contribution in [0.3, 0.4) is 0 Å². The lowest BCUT2D eigenvalue weighted by molar-refractivity contribution is -0.137. The van der Waals surface area contributed by atoms with Crippen LogP contribution in [0.15, 0.2) is 65.6 Å². The molecule has 0 aromatic heterocycles. The number of halogens is 5. The van der Waals surface area contributed by atoms with Crippen molar-refractivity contribution in [3.05, 3.63) is 93.8 Å². The maximum absolute atomic E-state index is 14.6. The lowest BCUT2D eigenvalue weighted by atomic mass is 9.92. The van der Waals surface area contributed by atoms with Gasteiger partial charge in [0, 0.05) is 31.7 Å². The highest BCUT2D eigenvalue weighted by Crippen LogP contribution is 2.38. The number of alkyl halides is 3. The quantitative estimate of drug-likeness (QED) is 0.245. The highest BCUT2D eigenvalue weighted by Gasteiger charge is 2.36. The van der Waals surface area contributed by atoms with Crippen molar-refractivity contribution in [1.29, 1.82) is 0 Å². The lowest BCUT2D eigenvalue weighted by Gasteiger charge is -2.36. The van der Waals surface area contributed by atoms with Gasteiger partial charge in [0.05, 0.1) is 34.4 Å². The van der Waals surface area contributed by atoms with Crippen LogP contribution in [0.5, 0.6) is 0 Å². The number of carbonyl (C=O) groups is 1. The number of carbonyl (C=O) groups excluding carboxylic acids is 1. The molecule has 0 bridgehead atoms. The van der Waals surface area contributed by atoms with Crippen molar-refractivity contribution in [2.24, 2.45) is 5.92 Å². The van der Waals surface area contributed by atoms with Gasteiger partial charge < -0.3 is 15.0 Å². The molecule has 2 aliphatic heterocycles. The number of benzene rings is 3. The molecule has 1 saturated heterocycles. The second kappa shape index (κ2) is 12.8. The van der Waals surface area contributed by atoms with Crippen LogP contribution in [0.2, 0.25) is 5.02 Å². The molecule has 0 spiro atoms. The Bertz CT molecular complexity index is 1670. The molecule has 44 heavy (non-hydrogen) atoms. The van der Waals surface area contributed by atoms with E-state index in [0.29, 0.717) is 61.2 Å². The van der Waals surface area contributed by atoms with E-state index in [0.717, 1.165) is 22.5 Å². The van der Waals surface area contributed by atoms with Gasteiger partial charge in [-0.2, -0.15) is 13.2 Å². The summed E-state index contributed by atoms with van der Waals surface area (Å²) in [6.07, 6.45) is -2.66. The van der Waals surface area contributed by atoms with Gasteiger partial charge >= 0.3 is 12.2 Å². The smallest absolute Gasteiger partial charge is 0.378 e. The molecule has 2 amide bonds. The summed E-state index contributed by atoms with van der Waals surface area (Å²) in [6.45, 7) is 3.46. The molecule has 13 heteroatoms. The zero-order chi connectivity index (χ0) is 31.6. The van der Waals surface area contributed by atoms with Gasteiger partial charge in [-0.3, -0.25) is 4.31 Å². The molecule has 1 N–H and O–H groups in total. The summed E-state index contributed by atoms with van der Waals surface area (Å²) in [7, 11) is -4.47. The first-order chi connectivity index (χ1) is 20.8. The Balaban J connectivity index is 1.50. The molecular formula is C31H30ClF4N3O4S. The van der Waals surface area contributed by atoms with E-state index in [1.165, 1.54) is 12.1 Å². The summed E-state index contributed by atoms with van der Waals surface area (Å²) in [5.41, 5.74) is 1.09. The van der Waals surface area contributed by atoms with Crippen molar-refractivity contribution in [2.75, 3.05) is 43.7 Å². The van der Waals surface area contributed by atoms with Gasteiger partial charge in [-0.05, 0) is 72.4 Å². The van der Waals surface area contributed by atoms with E-state index in [1.54, 1.807) is 42.2 Å². The number of rotatable bonds is 6. The molecule has 3 aromatic carbocycles. The van der Waals surface area contributed by atoms with Crippen molar-refractivity contribution in [2.45, 2.75) is 24.4 Å². The van der Waals surface area contributed by atoms with Gasteiger partial charge in [0.25, 0.3) is 10.0 Å². The van der Waals surface area contributed by atoms with E-state index in [9.17, 15) is 30.8 Å². The number of nitrogens with one attached hydrogen (secondary N) is 1. The van der Waals surface area contributed by atoms with Crippen molar-refractivity contribution in [3.8, 4) is 0 Å². The van der Waals surface area contributed by atoms with E-state index in [-0.39, 0.29) is 35.6 Å². The fourth-order valence-corrected chi connectivity index (χ4v) is 7.34. The summed E-state index contributed by atoms with van der Waals surface area (Å²) in [4.78, 5) is 13.8. The first kappa shape index (κ1) is 31.8. The molecule has 234 valence electrons. The lowest BCUT2D eigenvalue weighted by Crippen LogP contribution is -2.49. The maximum Gasteiger partial charge on any atom is 0.416 e. The Morgan fingerprint density at radius 2 is 1.82 bits per heavy atom. The number of allylic oxidation sites excluding steroid dienone is 1. The van der Waals surface area contributed by atoms with Gasteiger partial charge in [-0.1, -0.05) is 41.9 Å². The van der Waals surface area contributed by atoms with Crippen molar-refractivity contribution < 1.29 is 35.5 Å². The van der Waals surface area contributed by atoms with Crippen LogP contribution in [0, 0.1) is 11.7 Å². The molecule has 1 atom stereocenters. The van der Waals surface area contributed by atoms with E-state index in [2.05, 4.69) is 5.32 Å². The van der Waals surface area contributed by atoms with Gasteiger partial charge in [-0.25, -0.2) is 17.6 Å². The topological polar surface area (TPSA) is 79.0 Å². The standard InChI is InChI=1S/C31H30ClF4N3O4S/c1-20(29-26(32)6-3-7-27(29)33)14-21-8-9-23-15-22(18-37-30(40)38-10-12-43-13-11-38)19-39(28(23)16-21)44(41,42)25-5-2-4-24(17-25)31(34,35)36/h2-9,14,16-17,22H,10-13,15,18-19H2,1H3,(H,37,40)/b20-14+/t22-/m0/s1. The summed E-state index contributed by atoms with van der Waals surface area (Å²) in [6, 6.07) is 12.8. The Hall–Kier alpha value is -3.61. The normalized spacial score (nSPS) is 17.8. The van der Waals surface area contributed by atoms with E-state index in [1.807, 2.05) is 0 Å². The van der Waals surface area contributed by atoms with Gasteiger partial charge in [-0.15, -0.1) is 0 Å². The number of hydrogen-bond donors (Lipinski definition) is 1. The van der Waals surface area contributed by atoms with E-state index < -0.39 is 32.5 Å². The van der Waals surface area contributed by atoms with Crippen LogP contribution in [0.4, 0.5) is 28.0 Å². The third-order valence-corrected chi connectivity index (χ3v) is 9.73. The van der Waals surface area contributed by atoms with Gasteiger partial charge in [0.2, 0.25) is 0 Å².